The second kappa shape index (κ2) is 62.9. The van der Waals surface area contributed by atoms with Crippen molar-refractivity contribution in [2.24, 2.45) is 0 Å². The van der Waals surface area contributed by atoms with E-state index in [1.807, 2.05) is 27.2 Å². The molecule has 0 aromatic heterocycles. The summed E-state index contributed by atoms with van der Waals surface area (Å²) < 4.78 is 23.4. The van der Waals surface area contributed by atoms with Crippen LogP contribution in [0.3, 0.4) is 0 Å². The number of rotatable bonds is 60. The fraction of sp³-hybridized carbons (Fsp3) is 0.662. The molecule has 0 aliphatic carbocycles. The number of hydrogen-bond acceptors (Lipinski definition) is 6. The van der Waals surface area contributed by atoms with Gasteiger partial charge in [-0.25, -0.2) is 0 Å². The van der Waals surface area contributed by atoms with Crippen molar-refractivity contribution in [3.63, 3.8) is 0 Å². The summed E-state index contributed by atoms with van der Waals surface area (Å²) in [6, 6.07) is -0.942. The topological polar surface area (TPSA) is 108 Å². The lowest BCUT2D eigenvalue weighted by Crippen LogP contribution is -2.45. The van der Waals surface area contributed by atoms with Gasteiger partial charge in [-0.15, -0.1) is 0 Å². The van der Waals surface area contributed by atoms with Crippen LogP contribution in [0.25, 0.3) is 0 Å². The van der Waals surface area contributed by atoms with Gasteiger partial charge in [0.05, 0.1) is 39.9 Å². The predicted molar refractivity (Wildman–Crippen MR) is 361 cm³/mol. The first-order valence-electron chi connectivity index (χ1n) is 33.7. The maximum absolute atomic E-state index is 13.0. The molecule has 474 valence electrons. The van der Waals surface area contributed by atoms with E-state index in [2.05, 4.69) is 153 Å². The molecule has 0 fully saturated rings. The van der Waals surface area contributed by atoms with Crippen molar-refractivity contribution >= 4 is 13.7 Å². The molecular weight excluding hydrogens is 1040 g/mol. The third kappa shape index (κ3) is 65.8. The van der Waals surface area contributed by atoms with Crippen LogP contribution >= 0.6 is 7.82 Å². The molecule has 0 spiro atoms. The number of allylic oxidation sites excluding steroid dienone is 23. The summed E-state index contributed by atoms with van der Waals surface area (Å²) >= 11 is 0. The number of phosphoric acid groups is 1. The standard InChI is InChI=1S/C74H127N2O6P/c1-6-8-10-12-14-16-18-20-22-24-26-28-30-32-34-36-38-40-42-44-46-48-50-52-54-56-58-60-62-64-66-68-74(78)75-72(71-82-83(79,80)81-70-69-76(3,4)5)73(77)67-65-63-61-59-57-55-53-51-49-47-45-43-41-39-37-35-33-31-29-27-25-23-21-19-17-15-13-11-9-7-2/h8,10,14,16,20,22,26,28,32,34,38,40,44,46,49-52,56-59,65,67,72-73,77H,6-7,9,11-13,15,17-19,21,23-25,27,29-31,33,35-37,39,41-43,45,47-48,53-55,60-64,66,68-71H2,1-5H3,(H-,75,78,79,80)/b10-8-,16-14-,22-20-,28-26-,34-32-,40-38-,46-44-,51-49+,52-50-,58-56-,59-57+,67-65+. The van der Waals surface area contributed by atoms with Gasteiger partial charge in [-0.1, -0.05) is 288 Å². The number of carbonyl (C=O) groups excluding carboxylic acids is 1. The van der Waals surface area contributed by atoms with E-state index in [0.717, 1.165) is 96.3 Å². The van der Waals surface area contributed by atoms with Gasteiger partial charge in [0, 0.05) is 6.42 Å². The third-order valence-corrected chi connectivity index (χ3v) is 15.2. The van der Waals surface area contributed by atoms with E-state index < -0.39 is 26.6 Å². The Kier molecular flexibility index (Phi) is 60.2. The van der Waals surface area contributed by atoms with Crippen LogP contribution in [0.1, 0.15) is 264 Å². The molecule has 0 saturated heterocycles. The summed E-state index contributed by atoms with van der Waals surface area (Å²) in [6.45, 7) is 4.48. The van der Waals surface area contributed by atoms with Crippen molar-refractivity contribution in [1.29, 1.82) is 0 Å². The molecule has 8 nitrogen and oxygen atoms in total. The molecule has 2 N–H and O–H groups in total. The van der Waals surface area contributed by atoms with E-state index in [1.54, 1.807) is 6.08 Å². The van der Waals surface area contributed by atoms with Crippen molar-refractivity contribution < 1.29 is 32.9 Å². The highest BCUT2D eigenvalue weighted by Gasteiger charge is 2.23. The monoisotopic (exact) mass is 1170 g/mol. The van der Waals surface area contributed by atoms with Gasteiger partial charge < -0.3 is 28.8 Å². The number of hydrogen-bond donors (Lipinski definition) is 2. The average Bonchev–Trinajstić information content (AvgIpc) is 3.49. The van der Waals surface area contributed by atoms with Crippen LogP contribution in [-0.2, 0) is 18.4 Å². The van der Waals surface area contributed by atoms with E-state index >= 15 is 0 Å². The largest absolute Gasteiger partial charge is 0.756 e. The van der Waals surface area contributed by atoms with E-state index in [1.165, 1.54) is 135 Å². The number of nitrogens with one attached hydrogen (secondary N) is 1. The Hall–Kier alpha value is -3.62. The molecular formula is C74H127N2O6P. The maximum Gasteiger partial charge on any atom is 0.268 e. The molecule has 9 heteroatoms. The van der Waals surface area contributed by atoms with Gasteiger partial charge in [0.1, 0.15) is 13.2 Å². The Balaban J connectivity index is 4.30. The zero-order valence-corrected chi connectivity index (χ0v) is 55.0. The molecule has 0 rings (SSSR count). The fourth-order valence-corrected chi connectivity index (χ4v) is 9.78. The number of phosphoric ester groups is 1. The van der Waals surface area contributed by atoms with E-state index in [9.17, 15) is 19.4 Å². The molecule has 0 aromatic carbocycles. The summed E-state index contributed by atoms with van der Waals surface area (Å²) in [4.78, 5) is 25.6. The van der Waals surface area contributed by atoms with Gasteiger partial charge in [-0.2, -0.15) is 0 Å². The smallest absolute Gasteiger partial charge is 0.268 e. The number of unbranched alkanes of at least 4 members (excludes halogenated alkanes) is 25. The maximum atomic E-state index is 13.0. The molecule has 0 saturated carbocycles. The summed E-state index contributed by atoms with van der Waals surface area (Å²) in [5, 5.41) is 13.9. The molecule has 1 amide bonds. The van der Waals surface area contributed by atoms with Crippen molar-refractivity contribution in [1.82, 2.24) is 5.32 Å². The van der Waals surface area contributed by atoms with Crippen LogP contribution in [0, 0.1) is 0 Å². The lowest BCUT2D eigenvalue weighted by molar-refractivity contribution is -0.870. The summed E-state index contributed by atoms with van der Waals surface area (Å²) in [5.41, 5.74) is 0. The lowest BCUT2D eigenvalue weighted by Gasteiger charge is -2.29. The Morgan fingerprint density at radius 1 is 0.434 bits per heavy atom. The van der Waals surface area contributed by atoms with Crippen molar-refractivity contribution in [2.75, 3.05) is 40.9 Å². The number of likely N-dealkylation sites (N-methyl/N-ethyl adjacent to an activating group) is 1. The quantitative estimate of drug-likeness (QED) is 0.0272. The fourth-order valence-electron chi connectivity index (χ4n) is 9.06. The molecule has 3 atom stereocenters. The van der Waals surface area contributed by atoms with Gasteiger partial charge in [0.2, 0.25) is 5.91 Å². The summed E-state index contributed by atoms with van der Waals surface area (Å²) in [7, 11) is 1.19. The van der Waals surface area contributed by atoms with Crippen LogP contribution in [-0.4, -0.2) is 68.5 Å². The highest BCUT2D eigenvalue weighted by Crippen LogP contribution is 2.38. The zero-order chi connectivity index (χ0) is 60.5. The van der Waals surface area contributed by atoms with Gasteiger partial charge in [0.15, 0.2) is 0 Å². The van der Waals surface area contributed by atoms with Crippen LogP contribution in [0.15, 0.2) is 146 Å². The second-order valence-electron chi connectivity index (χ2n) is 23.4. The number of carbonyl (C=O) groups is 1. The normalized spacial score (nSPS) is 14.6. The van der Waals surface area contributed by atoms with Gasteiger partial charge in [0.25, 0.3) is 7.82 Å². The van der Waals surface area contributed by atoms with Crippen LogP contribution in [0.5, 0.6) is 0 Å². The van der Waals surface area contributed by atoms with Crippen LogP contribution in [0.2, 0.25) is 0 Å². The second-order valence-corrected chi connectivity index (χ2v) is 24.8. The van der Waals surface area contributed by atoms with E-state index in [-0.39, 0.29) is 18.9 Å². The molecule has 0 heterocycles. The molecule has 3 unspecified atom stereocenters. The molecule has 0 bridgehead atoms. The minimum absolute atomic E-state index is 0.0242. The highest BCUT2D eigenvalue weighted by molar-refractivity contribution is 7.45. The number of nitrogens with zero attached hydrogens (tertiary/aromatic N) is 1. The molecule has 83 heavy (non-hydrogen) atoms. The number of aliphatic hydroxyl groups excluding tert-OH is 1. The molecule has 0 aliphatic heterocycles. The minimum atomic E-state index is -4.64. The lowest BCUT2D eigenvalue weighted by atomic mass is 10.0. The van der Waals surface area contributed by atoms with E-state index in [0.29, 0.717) is 23.9 Å². The van der Waals surface area contributed by atoms with Gasteiger partial charge >= 0.3 is 0 Å². The van der Waals surface area contributed by atoms with Crippen LogP contribution in [0.4, 0.5) is 0 Å². The summed E-state index contributed by atoms with van der Waals surface area (Å²) in [5.74, 6) is -0.248. The Morgan fingerprint density at radius 2 is 0.747 bits per heavy atom. The molecule has 0 aromatic rings. The Labute approximate surface area is 512 Å². The first-order chi connectivity index (χ1) is 40.5. The highest BCUT2D eigenvalue weighted by atomic mass is 31.2. The molecule has 0 aliphatic rings. The van der Waals surface area contributed by atoms with Gasteiger partial charge in [-0.3, -0.25) is 9.36 Å². The summed E-state index contributed by atoms with van der Waals surface area (Å²) in [6.07, 6.45) is 96.8. The van der Waals surface area contributed by atoms with Crippen molar-refractivity contribution in [3.05, 3.63) is 146 Å². The third-order valence-electron chi connectivity index (χ3n) is 14.3. The predicted octanol–water partition coefficient (Wildman–Crippen LogP) is 21.0. The zero-order valence-electron chi connectivity index (χ0n) is 54.1. The minimum Gasteiger partial charge on any atom is -0.756 e. The first kappa shape index (κ1) is 79.4. The van der Waals surface area contributed by atoms with Crippen molar-refractivity contribution in [2.45, 2.75) is 276 Å². The Morgan fingerprint density at radius 3 is 1.12 bits per heavy atom. The average molecular weight is 1170 g/mol. The van der Waals surface area contributed by atoms with Crippen molar-refractivity contribution in [3.8, 4) is 0 Å². The Bertz CT molecular complexity index is 1860. The van der Waals surface area contributed by atoms with E-state index in [4.69, 9.17) is 9.05 Å². The number of amides is 1. The SMILES string of the molecule is CC/C=C\C/C=C\C/C=C\C/C=C\C/C=C\C/C=C\C/C=C\C/C=C\C/C=C\CCCCCC(=O)NC(COP(=O)([O-])OCC[N+](C)(C)C)C(O)/C=C/CC/C=C/CC/C=C/CCCCCCCCCCCCCCCCCCCCCC. The first-order valence-corrected chi connectivity index (χ1v) is 35.2. The number of quaternary nitrogens is 1. The number of aliphatic hydroxyl groups is 1. The van der Waals surface area contributed by atoms with Gasteiger partial charge in [-0.05, 0) is 116 Å². The molecule has 0 radical (unpaired) electrons. The van der Waals surface area contributed by atoms with Crippen LogP contribution < -0.4 is 10.2 Å².